The van der Waals surface area contributed by atoms with Crippen LogP contribution in [0.15, 0.2) is 54.6 Å². The number of nitrogens with one attached hydrogen (secondary N) is 1. The van der Waals surface area contributed by atoms with Crippen LogP contribution in [0, 0.1) is 0 Å². The van der Waals surface area contributed by atoms with Crippen molar-refractivity contribution in [2.45, 2.75) is 32.1 Å². The van der Waals surface area contributed by atoms with E-state index in [0.717, 1.165) is 30.0 Å². The van der Waals surface area contributed by atoms with E-state index < -0.39 is 0 Å². The Morgan fingerprint density at radius 3 is 2.26 bits per heavy atom. The Labute approximate surface area is 161 Å². The zero-order valence-electron chi connectivity index (χ0n) is 16.2. The van der Waals surface area contributed by atoms with Crippen molar-refractivity contribution in [3.63, 3.8) is 0 Å². The normalized spacial score (nSPS) is 21.4. The fraction of sp³-hybridized carbons (Fsp3) is 0.409. The molecule has 0 aromatic heterocycles. The molecule has 2 aromatic rings. The molecule has 0 bridgehead atoms. The third kappa shape index (κ3) is 5.31. The fourth-order valence-corrected chi connectivity index (χ4v) is 3.62. The van der Waals surface area contributed by atoms with Crippen molar-refractivity contribution in [2.75, 3.05) is 26.7 Å². The van der Waals surface area contributed by atoms with Gasteiger partial charge in [0.2, 0.25) is 5.91 Å². The summed E-state index contributed by atoms with van der Waals surface area (Å²) in [7, 11) is 1.65. The van der Waals surface area contributed by atoms with Crippen molar-refractivity contribution < 1.29 is 14.3 Å². The third-order valence-electron chi connectivity index (χ3n) is 4.75. The van der Waals surface area contributed by atoms with Gasteiger partial charge in [-0.05, 0) is 37.1 Å². The zero-order valence-corrected chi connectivity index (χ0v) is 16.2. The average Bonchev–Trinajstić information content (AvgIpc) is 2.66. The number of hydrogen-bond acceptors (Lipinski definition) is 4. The highest BCUT2D eigenvalue weighted by molar-refractivity contribution is 5.79. The Morgan fingerprint density at radius 2 is 1.67 bits per heavy atom. The maximum atomic E-state index is 12.8. The van der Waals surface area contributed by atoms with E-state index >= 15 is 0 Å². The summed E-state index contributed by atoms with van der Waals surface area (Å²) in [6, 6.07) is 17.7. The lowest BCUT2D eigenvalue weighted by Gasteiger charge is -2.35. The van der Waals surface area contributed by atoms with E-state index in [0.29, 0.717) is 6.54 Å². The van der Waals surface area contributed by atoms with Crippen molar-refractivity contribution >= 4 is 5.91 Å². The van der Waals surface area contributed by atoms with Gasteiger partial charge in [-0.2, -0.15) is 0 Å². The van der Waals surface area contributed by atoms with Gasteiger partial charge in [0, 0.05) is 13.1 Å². The van der Waals surface area contributed by atoms with Crippen LogP contribution in [0.4, 0.5) is 0 Å². The Balaban J connectivity index is 1.74. The molecule has 1 N–H and O–H groups in total. The van der Waals surface area contributed by atoms with E-state index in [1.165, 1.54) is 0 Å². The first-order valence-electron chi connectivity index (χ1n) is 9.41. The predicted molar refractivity (Wildman–Crippen MR) is 106 cm³/mol. The van der Waals surface area contributed by atoms with Crippen LogP contribution in [-0.2, 0) is 9.53 Å². The molecule has 0 unspecified atom stereocenters. The Kier molecular flexibility index (Phi) is 6.48. The van der Waals surface area contributed by atoms with Gasteiger partial charge in [-0.15, -0.1) is 0 Å². The second-order valence-electron chi connectivity index (χ2n) is 7.14. The fourth-order valence-electron chi connectivity index (χ4n) is 3.62. The Hall–Kier alpha value is -2.37. The summed E-state index contributed by atoms with van der Waals surface area (Å²) in [5.74, 6) is 0.814. The second-order valence-corrected chi connectivity index (χ2v) is 7.14. The smallest absolute Gasteiger partial charge is 0.234 e. The Morgan fingerprint density at radius 1 is 1.07 bits per heavy atom. The summed E-state index contributed by atoms with van der Waals surface area (Å²) in [5, 5.41) is 3.20. The molecule has 3 atom stereocenters. The topological polar surface area (TPSA) is 50.8 Å². The van der Waals surface area contributed by atoms with E-state index in [4.69, 9.17) is 9.47 Å². The number of methoxy groups -OCH3 is 1. The van der Waals surface area contributed by atoms with E-state index in [-0.39, 0.29) is 24.2 Å². The number of amides is 1. The van der Waals surface area contributed by atoms with E-state index in [1.807, 2.05) is 68.4 Å². The van der Waals surface area contributed by atoms with Crippen molar-refractivity contribution in [2.24, 2.45) is 0 Å². The highest BCUT2D eigenvalue weighted by Crippen LogP contribution is 2.24. The van der Waals surface area contributed by atoms with Gasteiger partial charge in [0.1, 0.15) is 5.75 Å². The summed E-state index contributed by atoms with van der Waals surface area (Å²) in [4.78, 5) is 14.9. The highest BCUT2D eigenvalue weighted by Gasteiger charge is 2.25. The lowest BCUT2D eigenvalue weighted by atomic mass is 9.98. The number of carbonyl (C=O) groups excluding carboxylic acids is 1. The van der Waals surface area contributed by atoms with Crippen molar-refractivity contribution in [3.05, 3.63) is 65.7 Å². The molecule has 5 nitrogen and oxygen atoms in total. The van der Waals surface area contributed by atoms with Crippen LogP contribution in [0.1, 0.15) is 31.0 Å². The number of morpholine rings is 1. The maximum absolute atomic E-state index is 12.8. The van der Waals surface area contributed by atoms with Gasteiger partial charge < -0.3 is 14.8 Å². The monoisotopic (exact) mass is 368 g/mol. The first-order chi connectivity index (χ1) is 13.0. The van der Waals surface area contributed by atoms with Crippen molar-refractivity contribution in [1.29, 1.82) is 0 Å². The molecular weight excluding hydrogens is 340 g/mol. The lowest BCUT2D eigenvalue weighted by molar-refractivity contribution is -0.126. The minimum atomic E-state index is -0.194. The van der Waals surface area contributed by atoms with Crippen LogP contribution in [0.3, 0.4) is 0 Å². The molecule has 27 heavy (non-hydrogen) atoms. The molecule has 5 heteroatoms. The molecule has 144 valence electrons. The van der Waals surface area contributed by atoms with E-state index in [1.54, 1.807) is 7.11 Å². The van der Waals surface area contributed by atoms with Crippen molar-refractivity contribution in [1.82, 2.24) is 10.2 Å². The molecule has 1 aliphatic heterocycles. The molecule has 1 amide bonds. The van der Waals surface area contributed by atoms with Crippen molar-refractivity contribution in [3.8, 4) is 5.75 Å². The molecule has 3 rings (SSSR count). The predicted octanol–water partition coefficient (Wildman–Crippen LogP) is 3.01. The van der Waals surface area contributed by atoms with Crippen LogP contribution in [0.2, 0.25) is 0 Å². The molecule has 1 heterocycles. The summed E-state index contributed by atoms with van der Waals surface area (Å²) < 4.78 is 11.0. The zero-order chi connectivity index (χ0) is 19.2. The minimum Gasteiger partial charge on any atom is -0.497 e. The molecule has 0 radical (unpaired) electrons. The second kappa shape index (κ2) is 9.02. The van der Waals surface area contributed by atoms with Gasteiger partial charge in [0.05, 0.1) is 31.9 Å². The highest BCUT2D eigenvalue weighted by atomic mass is 16.5. The number of hydrogen-bond donors (Lipinski definition) is 1. The van der Waals surface area contributed by atoms with E-state index in [9.17, 15) is 4.79 Å². The molecular formula is C22H28N2O3. The summed E-state index contributed by atoms with van der Waals surface area (Å²) in [6.07, 6.45) is 0.293. The van der Waals surface area contributed by atoms with Gasteiger partial charge >= 0.3 is 0 Å². The molecule has 0 spiro atoms. The molecule has 1 fully saturated rings. The van der Waals surface area contributed by atoms with Gasteiger partial charge in [-0.1, -0.05) is 42.5 Å². The number of rotatable bonds is 6. The first-order valence-corrected chi connectivity index (χ1v) is 9.41. The Bertz CT molecular complexity index is 723. The summed E-state index contributed by atoms with van der Waals surface area (Å²) >= 11 is 0. The van der Waals surface area contributed by atoms with Crippen LogP contribution in [0.25, 0.3) is 0 Å². The van der Waals surface area contributed by atoms with Gasteiger partial charge in [0.25, 0.3) is 0 Å². The van der Waals surface area contributed by atoms with Crippen LogP contribution >= 0.6 is 0 Å². The third-order valence-corrected chi connectivity index (χ3v) is 4.75. The first kappa shape index (κ1) is 19.4. The standard InChI is InChI=1S/C22H28N2O3/c1-16-13-24(14-17(2)27-16)15-21(25)23-22(18-7-5-4-6-8-18)19-9-11-20(26-3)12-10-19/h4-12,16-17,22H,13-15H2,1-3H3,(H,23,25)/t16-,17-,22+/m1/s1. The largest absolute Gasteiger partial charge is 0.497 e. The summed E-state index contributed by atoms with van der Waals surface area (Å²) in [5.41, 5.74) is 2.08. The van der Waals surface area contributed by atoms with E-state index in [2.05, 4.69) is 10.2 Å². The molecule has 1 aliphatic rings. The minimum absolute atomic E-state index is 0.0148. The number of carbonyl (C=O) groups is 1. The molecule has 0 aliphatic carbocycles. The number of benzene rings is 2. The maximum Gasteiger partial charge on any atom is 0.234 e. The number of nitrogens with zero attached hydrogens (tertiary/aromatic N) is 1. The van der Waals surface area contributed by atoms with Crippen LogP contribution in [0.5, 0.6) is 5.75 Å². The molecule has 1 saturated heterocycles. The molecule has 0 saturated carbocycles. The molecule has 2 aromatic carbocycles. The number of ether oxygens (including phenoxy) is 2. The average molecular weight is 368 g/mol. The quantitative estimate of drug-likeness (QED) is 0.852. The van der Waals surface area contributed by atoms with Gasteiger partial charge in [-0.3, -0.25) is 9.69 Å². The van der Waals surface area contributed by atoms with Gasteiger partial charge in [-0.25, -0.2) is 0 Å². The van der Waals surface area contributed by atoms with Gasteiger partial charge in [0.15, 0.2) is 0 Å². The SMILES string of the molecule is COc1ccc([C@@H](NC(=O)CN2C[C@@H](C)O[C@H](C)C2)c2ccccc2)cc1. The summed E-state index contributed by atoms with van der Waals surface area (Å²) in [6.45, 7) is 6.01. The van der Waals surface area contributed by atoms with Crippen LogP contribution < -0.4 is 10.1 Å². The lowest BCUT2D eigenvalue weighted by Crippen LogP contribution is -2.49. The van der Waals surface area contributed by atoms with Crippen LogP contribution in [-0.4, -0.2) is 49.8 Å².